The summed E-state index contributed by atoms with van der Waals surface area (Å²) < 4.78 is 18.1. The van der Waals surface area contributed by atoms with Gasteiger partial charge in [-0.25, -0.2) is 10.6 Å². The number of methoxy groups -OCH3 is 2. The molecule has 3 rings (SSSR count). The number of hydrogen-bond acceptors (Lipinski definition) is 7. The number of hydrogen-bond donors (Lipinski definition) is 2. The zero-order chi connectivity index (χ0) is 19.9. The van der Waals surface area contributed by atoms with Crippen molar-refractivity contribution in [3.8, 4) is 28.6 Å². The number of nitrogens with zero attached hydrogens (tertiary/aromatic N) is 3. The molecule has 0 radical (unpaired) electrons. The van der Waals surface area contributed by atoms with E-state index in [2.05, 4.69) is 20.8 Å². The molecular weight excluding hydrogens is 378 g/mol. The molecule has 0 saturated heterocycles. The van der Waals surface area contributed by atoms with Crippen LogP contribution in [-0.2, 0) is 0 Å². The van der Waals surface area contributed by atoms with Gasteiger partial charge < -0.3 is 14.2 Å². The van der Waals surface area contributed by atoms with E-state index in [0.29, 0.717) is 28.7 Å². The van der Waals surface area contributed by atoms with Crippen LogP contribution in [0.5, 0.6) is 17.2 Å². The van der Waals surface area contributed by atoms with Crippen LogP contribution in [0.1, 0.15) is 12.5 Å². The summed E-state index contributed by atoms with van der Waals surface area (Å²) in [4.78, 5) is 0. The number of aromatic nitrogens is 3. The fourth-order valence-corrected chi connectivity index (χ4v) is 2.79. The molecule has 0 bridgehead atoms. The minimum Gasteiger partial charge on any atom is -0.494 e. The number of rotatable bonds is 8. The van der Waals surface area contributed by atoms with Gasteiger partial charge in [-0.05, 0) is 55.5 Å². The van der Waals surface area contributed by atoms with Gasteiger partial charge in [0.05, 0.1) is 27.0 Å². The van der Waals surface area contributed by atoms with E-state index in [9.17, 15) is 0 Å². The SMILES string of the molecule is CCOc1ccc(-c2n[nH]c(=S)n2N/N=C\c2cccc(OC)c2OC)cc1. The van der Waals surface area contributed by atoms with E-state index >= 15 is 0 Å². The molecule has 0 spiro atoms. The third kappa shape index (κ3) is 4.15. The van der Waals surface area contributed by atoms with Gasteiger partial charge in [-0.15, -0.1) is 0 Å². The van der Waals surface area contributed by atoms with Crippen molar-refractivity contribution in [2.75, 3.05) is 26.4 Å². The lowest BCUT2D eigenvalue weighted by molar-refractivity contribution is 0.340. The lowest BCUT2D eigenvalue weighted by Gasteiger charge is -2.10. The summed E-state index contributed by atoms with van der Waals surface area (Å²) in [6, 6.07) is 13.1. The van der Waals surface area contributed by atoms with Crippen LogP contribution in [0, 0.1) is 4.77 Å². The topological polar surface area (TPSA) is 85.7 Å². The van der Waals surface area contributed by atoms with Gasteiger partial charge in [-0.3, -0.25) is 0 Å². The normalized spacial score (nSPS) is 10.8. The first kappa shape index (κ1) is 19.4. The molecule has 0 atom stereocenters. The lowest BCUT2D eigenvalue weighted by atomic mass is 10.2. The molecule has 0 fully saturated rings. The van der Waals surface area contributed by atoms with E-state index in [-0.39, 0.29) is 0 Å². The summed E-state index contributed by atoms with van der Waals surface area (Å²) in [5, 5.41) is 11.3. The molecule has 0 aliphatic carbocycles. The van der Waals surface area contributed by atoms with Crippen molar-refractivity contribution in [2.24, 2.45) is 5.10 Å². The van der Waals surface area contributed by atoms with E-state index in [0.717, 1.165) is 16.9 Å². The van der Waals surface area contributed by atoms with E-state index in [1.165, 1.54) is 0 Å². The smallest absolute Gasteiger partial charge is 0.216 e. The quantitative estimate of drug-likeness (QED) is 0.342. The molecule has 146 valence electrons. The van der Waals surface area contributed by atoms with Crippen LogP contribution < -0.4 is 19.7 Å². The molecule has 0 saturated carbocycles. The van der Waals surface area contributed by atoms with Crippen LogP contribution in [0.4, 0.5) is 0 Å². The Bertz CT molecular complexity index is 1010. The van der Waals surface area contributed by atoms with Gasteiger partial charge in [0.25, 0.3) is 0 Å². The minimum atomic E-state index is 0.388. The van der Waals surface area contributed by atoms with Gasteiger partial charge in [-0.2, -0.15) is 14.9 Å². The second-order valence-electron chi connectivity index (χ2n) is 5.59. The second kappa shape index (κ2) is 9.05. The Balaban J connectivity index is 1.84. The van der Waals surface area contributed by atoms with E-state index in [4.69, 9.17) is 26.4 Å². The third-order valence-electron chi connectivity index (χ3n) is 3.89. The Hall–Kier alpha value is -3.33. The van der Waals surface area contributed by atoms with Gasteiger partial charge in [0.2, 0.25) is 4.77 Å². The van der Waals surface area contributed by atoms with Crippen molar-refractivity contribution < 1.29 is 14.2 Å². The highest BCUT2D eigenvalue weighted by molar-refractivity contribution is 7.71. The molecule has 0 amide bonds. The predicted octanol–water partition coefficient (Wildman–Crippen LogP) is 3.60. The van der Waals surface area contributed by atoms with Gasteiger partial charge in [0, 0.05) is 11.1 Å². The van der Waals surface area contributed by atoms with Gasteiger partial charge >= 0.3 is 0 Å². The number of nitrogens with one attached hydrogen (secondary N) is 2. The van der Waals surface area contributed by atoms with Crippen molar-refractivity contribution in [2.45, 2.75) is 6.92 Å². The van der Waals surface area contributed by atoms with Crippen LogP contribution in [-0.4, -0.2) is 41.9 Å². The minimum absolute atomic E-state index is 0.388. The second-order valence-corrected chi connectivity index (χ2v) is 5.97. The summed E-state index contributed by atoms with van der Waals surface area (Å²) in [6.07, 6.45) is 1.62. The number of aromatic amines is 1. The summed E-state index contributed by atoms with van der Waals surface area (Å²) in [7, 11) is 3.17. The Kier molecular flexibility index (Phi) is 6.28. The molecule has 2 N–H and O–H groups in total. The van der Waals surface area contributed by atoms with Crippen LogP contribution in [0.2, 0.25) is 0 Å². The van der Waals surface area contributed by atoms with Gasteiger partial charge in [-0.1, -0.05) is 6.07 Å². The summed E-state index contributed by atoms with van der Waals surface area (Å²) in [5.74, 6) is 2.62. The molecule has 28 heavy (non-hydrogen) atoms. The van der Waals surface area contributed by atoms with Crippen molar-refractivity contribution in [1.29, 1.82) is 0 Å². The van der Waals surface area contributed by atoms with E-state index in [1.54, 1.807) is 25.1 Å². The number of para-hydroxylation sites is 1. The van der Waals surface area contributed by atoms with Crippen molar-refractivity contribution in [3.05, 3.63) is 52.8 Å². The van der Waals surface area contributed by atoms with Crippen molar-refractivity contribution in [1.82, 2.24) is 14.9 Å². The van der Waals surface area contributed by atoms with Crippen LogP contribution in [0.25, 0.3) is 11.4 Å². The molecule has 3 aromatic rings. The highest BCUT2D eigenvalue weighted by Crippen LogP contribution is 2.29. The predicted molar refractivity (Wildman–Crippen MR) is 111 cm³/mol. The highest BCUT2D eigenvalue weighted by Gasteiger charge is 2.10. The average molecular weight is 399 g/mol. The largest absolute Gasteiger partial charge is 0.494 e. The van der Waals surface area contributed by atoms with Crippen LogP contribution in [0.15, 0.2) is 47.6 Å². The zero-order valence-corrected chi connectivity index (χ0v) is 16.6. The van der Waals surface area contributed by atoms with Crippen molar-refractivity contribution in [3.63, 3.8) is 0 Å². The van der Waals surface area contributed by atoms with E-state index < -0.39 is 0 Å². The molecule has 0 aliphatic heterocycles. The molecule has 0 aliphatic rings. The maximum Gasteiger partial charge on any atom is 0.216 e. The molecule has 0 unspecified atom stereocenters. The Morgan fingerprint density at radius 2 is 1.96 bits per heavy atom. The fraction of sp³-hybridized carbons (Fsp3) is 0.211. The monoisotopic (exact) mass is 399 g/mol. The number of H-pyrrole nitrogens is 1. The lowest BCUT2D eigenvalue weighted by Crippen LogP contribution is -2.11. The standard InChI is InChI=1S/C19H21N5O3S/c1-4-27-15-10-8-13(9-11-15)18-21-22-19(28)24(18)23-20-12-14-6-5-7-16(25-2)17(14)26-3/h5-12,23H,4H2,1-3H3,(H,22,28)/b20-12-. The highest BCUT2D eigenvalue weighted by atomic mass is 32.1. The van der Waals surface area contributed by atoms with Gasteiger partial charge in [0.1, 0.15) is 5.75 Å². The first-order chi connectivity index (χ1) is 13.7. The maximum absolute atomic E-state index is 5.47. The average Bonchev–Trinajstić information content (AvgIpc) is 3.09. The molecule has 9 heteroatoms. The fourth-order valence-electron chi connectivity index (χ4n) is 2.62. The van der Waals surface area contributed by atoms with Gasteiger partial charge in [0.15, 0.2) is 17.3 Å². The number of benzene rings is 2. The molecular formula is C19H21N5O3S. The summed E-state index contributed by atoms with van der Waals surface area (Å²) >= 11 is 5.30. The van der Waals surface area contributed by atoms with E-state index in [1.807, 2.05) is 49.4 Å². The molecule has 1 aromatic heterocycles. The third-order valence-corrected chi connectivity index (χ3v) is 4.16. The first-order valence-electron chi connectivity index (χ1n) is 8.58. The first-order valence-corrected chi connectivity index (χ1v) is 8.99. The molecule has 2 aromatic carbocycles. The van der Waals surface area contributed by atoms with Crippen LogP contribution >= 0.6 is 12.2 Å². The van der Waals surface area contributed by atoms with Crippen molar-refractivity contribution >= 4 is 18.4 Å². The Labute approximate surface area is 167 Å². The zero-order valence-electron chi connectivity index (χ0n) is 15.8. The molecule has 8 nitrogen and oxygen atoms in total. The Morgan fingerprint density at radius 1 is 1.18 bits per heavy atom. The summed E-state index contributed by atoms with van der Waals surface area (Å²) in [6.45, 7) is 2.56. The number of hydrazone groups is 1. The molecule has 1 heterocycles. The maximum atomic E-state index is 5.47. The summed E-state index contributed by atoms with van der Waals surface area (Å²) in [5.41, 5.74) is 4.51. The van der Waals surface area contributed by atoms with Crippen LogP contribution in [0.3, 0.4) is 0 Å². The Morgan fingerprint density at radius 3 is 2.64 bits per heavy atom. The number of ether oxygens (including phenoxy) is 3.